The fourth-order valence-electron chi connectivity index (χ4n) is 2.07. The summed E-state index contributed by atoms with van der Waals surface area (Å²) in [5.74, 6) is 0. The lowest BCUT2D eigenvalue weighted by molar-refractivity contribution is 0.0126. The van der Waals surface area contributed by atoms with Gasteiger partial charge in [0.1, 0.15) is 4.90 Å². The molecule has 1 aromatic carbocycles. The summed E-state index contributed by atoms with van der Waals surface area (Å²) in [6.07, 6.45) is 0.818. The second-order valence-electron chi connectivity index (χ2n) is 5.09. The van der Waals surface area contributed by atoms with Gasteiger partial charge in [0.25, 0.3) is 0 Å². The van der Waals surface area contributed by atoms with Crippen LogP contribution in [0.5, 0.6) is 0 Å². The molecule has 0 amide bonds. The maximum absolute atomic E-state index is 12.5. The van der Waals surface area contributed by atoms with Crippen LogP contribution in [-0.2, 0) is 10.0 Å². The monoisotopic (exact) mass is 304 g/mol. The summed E-state index contributed by atoms with van der Waals surface area (Å²) in [6, 6.07) is 4.40. The fraction of sp³-hybridized carbons (Fsp3) is 0.500. The van der Waals surface area contributed by atoms with Crippen LogP contribution in [-0.4, -0.2) is 36.5 Å². The third kappa shape index (κ3) is 3.02. The van der Waals surface area contributed by atoms with Crippen LogP contribution < -0.4 is 5.73 Å². The molecule has 0 aromatic heterocycles. The molecule has 0 spiro atoms. The van der Waals surface area contributed by atoms with E-state index in [1.165, 1.54) is 16.4 Å². The molecule has 1 saturated heterocycles. The minimum atomic E-state index is -3.66. The Morgan fingerprint density at radius 2 is 1.95 bits per heavy atom. The van der Waals surface area contributed by atoms with Crippen molar-refractivity contribution >= 4 is 27.3 Å². The number of hydrogen-bond donors (Lipinski definition) is 2. The summed E-state index contributed by atoms with van der Waals surface area (Å²) in [5, 5.41) is 10.0. The van der Waals surface area contributed by atoms with Crippen LogP contribution >= 0.6 is 11.6 Å². The van der Waals surface area contributed by atoms with Gasteiger partial charge in [-0.2, -0.15) is 4.31 Å². The van der Waals surface area contributed by atoms with Gasteiger partial charge in [-0.05, 0) is 38.0 Å². The van der Waals surface area contributed by atoms with Crippen molar-refractivity contribution < 1.29 is 13.5 Å². The van der Waals surface area contributed by atoms with Gasteiger partial charge in [0.15, 0.2) is 0 Å². The highest BCUT2D eigenvalue weighted by molar-refractivity contribution is 7.89. The van der Waals surface area contributed by atoms with Crippen molar-refractivity contribution in [1.29, 1.82) is 0 Å². The first-order valence-electron chi connectivity index (χ1n) is 6.00. The number of nitrogens with zero attached hydrogens (tertiary/aromatic N) is 1. The Labute approximate surface area is 118 Å². The van der Waals surface area contributed by atoms with Crippen molar-refractivity contribution in [3.05, 3.63) is 23.2 Å². The maximum Gasteiger partial charge on any atom is 0.244 e. The number of hydrogen-bond acceptors (Lipinski definition) is 4. The number of anilines is 1. The van der Waals surface area contributed by atoms with Gasteiger partial charge in [0.05, 0.1) is 10.6 Å². The van der Waals surface area contributed by atoms with E-state index in [9.17, 15) is 13.5 Å². The lowest BCUT2D eigenvalue weighted by Gasteiger charge is -2.35. The van der Waals surface area contributed by atoms with E-state index >= 15 is 0 Å². The van der Waals surface area contributed by atoms with E-state index in [4.69, 9.17) is 17.3 Å². The summed E-state index contributed by atoms with van der Waals surface area (Å²) in [7, 11) is -3.66. The maximum atomic E-state index is 12.5. The number of sulfonamides is 1. The smallest absolute Gasteiger partial charge is 0.244 e. The van der Waals surface area contributed by atoms with E-state index in [1.54, 1.807) is 13.0 Å². The van der Waals surface area contributed by atoms with Crippen molar-refractivity contribution in [3.8, 4) is 0 Å². The first-order valence-corrected chi connectivity index (χ1v) is 7.82. The molecule has 19 heavy (non-hydrogen) atoms. The Balaban J connectivity index is 2.31. The third-order valence-corrected chi connectivity index (χ3v) is 5.75. The van der Waals surface area contributed by atoms with Gasteiger partial charge >= 0.3 is 0 Å². The molecular formula is C12H17ClN2O3S. The highest BCUT2D eigenvalue weighted by atomic mass is 35.5. The quantitative estimate of drug-likeness (QED) is 0.810. The lowest BCUT2D eigenvalue weighted by atomic mass is 9.95. The molecule has 1 fully saturated rings. The molecule has 3 N–H and O–H groups in total. The van der Waals surface area contributed by atoms with Crippen molar-refractivity contribution in [2.45, 2.75) is 30.3 Å². The fourth-order valence-corrected chi connectivity index (χ4v) is 4.02. The summed E-state index contributed by atoms with van der Waals surface area (Å²) < 4.78 is 26.3. The Kier molecular flexibility index (Phi) is 3.79. The van der Waals surface area contributed by atoms with Crippen molar-refractivity contribution in [3.63, 3.8) is 0 Å². The summed E-state index contributed by atoms with van der Waals surface area (Å²) in [4.78, 5) is 0.0238. The zero-order chi connectivity index (χ0) is 14.3. The van der Waals surface area contributed by atoms with Crippen molar-refractivity contribution in [2.75, 3.05) is 18.8 Å². The number of nitrogen functional groups attached to an aromatic ring is 1. The molecule has 2 rings (SSSR count). The minimum Gasteiger partial charge on any atom is -0.399 e. The molecule has 1 aliphatic rings. The molecule has 1 aliphatic heterocycles. The molecule has 0 radical (unpaired) electrons. The van der Waals surface area contributed by atoms with Crippen LogP contribution in [0.2, 0.25) is 5.02 Å². The Morgan fingerprint density at radius 1 is 1.37 bits per heavy atom. The minimum absolute atomic E-state index is 0.0238. The second kappa shape index (κ2) is 4.94. The van der Waals surface area contributed by atoms with Gasteiger partial charge in [-0.3, -0.25) is 0 Å². The number of halogens is 1. The molecule has 0 atom stereocenters. The van der Waals surface area contributed by atoms with Crippen LogP contribution in [0.4, 0.5) is 5.69 Å². The van der Waals surface area contributed by atoms with Crippen LogP contribution in [0.15, 0.2) is 23.1 Å². The van der Waals surface area contributed by atoms with Crippen LogP contribution in [0.1, 0.15) is 19.8 Å². The Hall–Kier alpha value is -0.820. The highest BCUT2D eigenvalue weighted by Crippen LogP contribution is 2.30. The average molecular weight is 305 g/mol. The number of benzene rings is 1. The van der Waals surface area contributed by atoms with Gasteiger partial charge in [0, 0.05) is 18.8 Å². The average Bonchev–Trinajstić information content (AvgIpc) is 2.31. The zero-order valence-electron chi connectivity index (χ0n) is 10.6. The zero-order valence-corrected chi connectivity index (χ0v) is 12.2. The van der Waals surface area contributed by atoms with Crippen LogP contribution in [0.25, 0.3) is 0 Å². The molecule has 0 aliphatic carbocycles. The molecule has 5 nitrogen and oxygen atoms in total. The lowest BCUT2D eigenvalue weighted by Crippen LogP contribution is -2.45. The number of nitrogens with two attached hydrogens (primary N) is 1. The number of rotatable bonds is 2. The molecule has 1 heterocycles. The number of piperidine rings is 1. The van der Waals surface area contributed by atoms with Crippen LogP contribution in [0.3, 0.4) is 0 Å². The number of aliphatic hydroxyl groups is 1. The van der Waals surface area contributed by atoms with E-state index < -0.39 is 15.6 Å². The predicted octanol–water partition coefficient (Wildman–Crippen LogP) is 1.46. The van der Waals surface area contributed by atoms with E-state index in [2.05, 4.69) is 0 Å². The largest absolute Gasteiger partial charge is 0.399 e. The van der Waals surface area contributed by atoms with Crippen LogP contribution in [0, 0.1) is 0 Å². The third-order valence-electron chi connectivity index (χ3n) is 3.37. The molecular weight excluding hydrogens is 288 g/mol. The van der Waals surface area contributed by atoms with E-state index in [-0.39, 0.29) is 23.0 Å². The summed E-state index contributed by atoms with van der Waals surface area (Å²) >= 11 is 5.95. The van der Waals surface area contributed by atoms with Gasteiger partial charge in [0.2, 0.25) is 10.0 Å². The van der Waals surface area contributed by atoms with Gasteiger partial charge in [-0.1, -0.05) is 11.6 Å². The molecule has 0 bridgehead atoms. The van der Waals surface area contributed by atoms with Gasteiger partial charge in [-0.25, -0.2) is 8.42 Å². The second-order valence-corrected chi connectivity index (χ2v) is 7.40. The first-order chi connectivity index (χ1) is 8.72. The van der Waals surface area contributed by atoms with Crippen molar-refractivity contribution in [2.24, 2.45) is 0 Å². The normalized spacial score (nSPS) is 20.4. The topological polar surface area (TPSA) is 83.6 Å². The van der Waals surface area contributed by atoms with E-state index in [0.29, 0.717) is 18.5 Å². The molecule has 0 saturated carbocycles. The summed E-state index contributed by atoms with van der Waals surface area (Å²) in [6.45, 7) is 2.27. The first kappa shape index (κ1) is 14.6. The van der Waals surface area contributed by atoms with Gasteiger partial charge < -0.3 is 10.8 Å². The van der Waals surface area contributed by atoms with E-state index in [0.717, 1.165) is 0 Å². The highest BCUT2D eigenvalue weighted by Gasteiger charge is 2.34. The molecule has 0 unspecified atom stereocenters. The van der Waals surface area contributed by atoms with E-state index in [1.807, 2.05) is 0 Å². The van der Waals surface area contributed by atoms with Gasteiger partial charge in [-0.15, -0.1) is 0 Å². The molecule has 7 heteroatoms. The SMILES string of the molecule is CC1(O)CCN(S(=O)(=O)c2cc(N)ccc2Cl)CC1. The predicted molar refractivity (Wildman–Crippen MR) is 74.5 cm³/mol. The van der Waals surface area contributed by atoms with Crippen molar-refractivity contribution in [1.82, 2.24) is 4.31 Å². The molecule has 1 aromatic rings. The summed E-state index contributed by atoms with van der Waals surface area (Å²) in [5.41, 5.74) is 5.17. The Bertz CT molecular complexity index is 577. The molecule has 106 valence electrons. The standard InChI is InChI=1S/C12H17ClN2O3S/c1-12(16)4-6-15(7-5-12)19(17,18)11-8-9(14)2-3-10(11)13/h2-3,8,16H,4-7,14H2,1H3. The Morgan fingerprint density at radius 3 is 2.53 bits per heavy atom.